The molecule has 5 rings (SSSR count). The van der Waals surface area contributed by atoms with E-state index in [-0.39, 0.29) is 10.8 Å². The zero-order valence-corrected chi connectivity index (χ0v) is 18.9. The lowest BCUT2D eigenvalue weighted by Gasteiger charge is -2.49. The van der Waals surface area contributed by atoms with Gasteiger partial charge < -0.3 is 0 Å². The second kappa shape index (κ2) is 6.28. The van der Waals surface area contributed by atoms with E-state index in [0.717, 1.165) is 0 Å². The molecule has 1 nitrogen and oxygen atoms in total. The molecule has 0 saturated heterocycles. The van der Waals surface area contributed by atoms with Crippen LogP contribution in [0.3, 0.4) is 0 Å². The number of aromatic nitrogens is 1. The molecule has 0 amide bonds. The van der Waals surface area contributed by atoms with Crippen molar-refractivity contribution in [2.24, 2.45) is 7.05 Å². The number of fused-ring (bicyclic) bond motifs is 5. The summed E-state index contributed by atoms with van der Waals surface area (Å²) in [5.74, 6) is 0. The summed E-state index contributed by atoms with van der Waals surface area (Å²) in [6.07, 6.45) is 2.13. The molecule has 0 saturated carbocycles. The predicted molar refractivity (Wildman–Crippen MR) is 127 cm³/mol. The van der Waals surface area contributed by atoms with E-state index in [1.807, 2.05) is 0 Å². The molecule has 30 heavy (non-hydrogen) atoms. The quantitative estimate of drug-likeness (QED) is 0.311. The molecule has 4 aromatic rings. The summed E-state index contributed by atoms with van der Waals surface area (Å²) in [4.78, 5) is 0. The number of nitrogens with zero attached hydrogens (tertiary/aromatic N) is 1. The van der Waals surface area contributed by atoms with Crippen molar-refractivity contribution in [3.63, 3.8) is 0 Å². The number of hydrogen-bond donors (Lipinski definition) is 0. The Balaban J connectivity index is 1.93. The average molecular weight is 393 g/mol. The number of aryl methyl sites for hydroxylation is 2. The van der Waals surface area contributed by atoms with Crippen LogP contribution in [0.15, 0.2) is 72.9 Å². The highest BCUT2D eigenvalue weighted by Gasteiger charge is 2.46. The van der Waals surface area contributed by atoms with Crippen molar-refractivity contribution in [2.75, 3.05) is 0 Å². The van der Waals surface area contributed by atoms with Crippen molar-refractivity contribution in [1.82, 2.24) is 0 Å². The summed E-state index contributed by atoms with van der Waals surface area (Å²) < 4.78 is 2.22. The van der Waals surface area contributed by atoms with E-state index in [4.69, 9.17) is 0 Å². The highest BCUT2D eigenvalue weighted by Crippen LogP contribution is 2.56. The van der Waals surface area contributed by atoms with Crippen LogP contribution in [0.1, 0.15) is 44.4 Å². The van der Waals surface area contributed by atoms with Crippen molar-refractivity contribution < 1.29 is 4.57 Å². The fourth-order valence-corrected chi connectivity index (χ4v) is 5.27. The van der Waals surface area contributed by atoms with Crippen molar-refractivity contribution >= 4 is 10.8 Å². The Labute approximate surface area is 180 Å². The van der Waals surface area contributed by atoms with Gasteiger partial charge in [-0.25, -0.2) is 4.57 Å². The van der Waals surface area contributed by atoms with E-state index < -0.39 is 0 Å². The first-order valence-corrected chi connectivity index (χ1v) is 10.9. The van der Waals surface area contributed by atoms with E-state index in [1.54, 1.807) is 0 Å². The minimum atomic E-state index is 0.0277. The normalized spacial score (nSPS) is 16.2. The first-order valence-electron chi connectivity index (χ1n) is 10.9. The summed E-state index contributed by atoms with van der Waals surface area (Å²) in [5.41, 5.74) is 9.66. The van der Waals surface area contributed by atoms with Crippen LogP contribution in [0, 0.1) is 6.92 Å². The van der Waals surface area contributed by atoms with Gasteiger partial charge in [0, 0.05) is 17.7 Å². The van der Waals surface area contributed by atoms with Gasteiger partial charge in [-0.15, -0.1) is 0 Å². The van der Waals surface area contributed by atoms with Gasteiger partial charge in [0.1, 0.15) is 7.05 Å². The zero-order chi connectivity index (χ0) is 21.3. The number of hydrogen-bond acceptors (Lipinski definition) is 0. The smallest absolute Gasteiger partial charge is 0.201 e. The van der Waals surface area contributed by atoms with Gasteiger partial charge >= 0.3 is 0 Å². The Morgan fingerprint density at radius 1 is 0.700 bits per heavy atom. The van der Waals surface area contributed by atoms with Crippen LogP contribution in [0.4, 0.5) is 0 Å². The number of pyridine rings is 1. The molecular weight excluding hydrogens is 362 g/mol. The second-order valence-electron chi connectivity index (χ2n) is 9.87. The van der Waals surface area contributed by atoms with Gasteiger partial charge in [-0.1, -0.05) is 70.2 Å². The molecule has 150 valence electrons. The molecule has 0 fully saturated rings. The van der Waals surface area contributed by atoms with Crippen molar-refractivity contribution in [3.05, 3.63) is 89.6 Å². The van der Waals surface area contributed by atoms with Crippen LogP contribution in [-0.2, 0) is 17.9 Å². The summed E-state index contributed by atoms with van der Waals surface area (Å²) in [7, 11) is 2.13. The first-order chi connectivity index (χ1) is 14.2. The van der Waals surface area contributed by atoms with E-state index in [2.05, 4.69) is 119 Å². The highest BCUT2D eigenvalue weighted by molar-refractivity contribution is 6.01. The fourth-order valence-electron chi connectivity index (χ4n) is 5.27. The van der Waals surface area contributed by atoms with Crippen LogP contribution in [0.25, 0.3) is 33.2 Å². The van der Waals surface area contributed by atoms with Gasteiger partial charge in [0.15, 0.2) is 6.20 Å². The maximum atomic E-state index is 2.45. The number of rotatable bonds is 1. The molecule has 0 unspecified atom stereocenters. The SMILES string of the molecule is Cc1cc2c(cc1-c1cccc[n+]1C)-c1c(ccc3ccccc13)C(C)(C)C2(C)C. The Kier molecular flexibility index (Phi) is 3.99. The Hall–Kier alpha value is -2.93. The predicted octanol–water partition coefficient (Wildman–Crippen LogP) is 6.88. The van der Waals surface area contributed by atoms with Gasteiger partial charge in [0.05, 0.1) is 0 Å². The Bertz CT molecular complexity index is 1310. The van der Waals surface area contributed by atoms with Gasteiger partial charge in [-0.3, -0.25) is 0 Å². The van der Waals surface area contributed by atoms with Crippen LogP contribution in [0.2, 0.25) is 0 Å². The third-order valence-electron chi connectivity index (χ3n) is 7.80. The van der Waals surface area contributed by atoms with Crippen LogP contribution < -0.4 is 4.57 Å². The summed E-state index contributed by atoms with van der Waals surface area (Å²) in [6, 6.07) is 24.8. The molecule has 1 heterocycles. The standard InChI is InChI=1S/C29H30N/c1-19-17-25-23(18-22(19)26-13-9-10-16-30(26)6)27-21-12-8-7-11-20(21)14-15-24(27)28(2,3)29(25,4)5/h7-18H,1-6H3/q+1. The third kappa shape index (κ3) is 2.45. The van der Waals surface area contributed by atoms with E-state index >= 15 is 0 Å². The molecule has 1 aromatic heterocycles. The molecule has 1 aliphatic carbocycles. The van der Waals surface area contributed by atoms with Gasteiger partial charge in [-0.05, 0) is 68.5 Å². The van der Waals surface area contributed by atoms with E-state index in [0.29, 0.717) is 0 Å². The fraction of sp³-hybridized carbons (Fsp3) is 0.276. The van der Waals surface area contributed by atoms with Gasteiger partial charge in [-0.2, -0.15) is 0 Å². The molecule has 0 N–H and O–H groups in total. The molecule has 0 aliphatic heterocycles. The molecule has 3 aromatic carbocycles. The molecule has 0 spiro atoms. The lowest BCUT2D eigenvalue weighted by molar-refractivity contribution is -0.660. The first kappa shape index (κ1) is 19.1. The minimum absolute atomic E-state index is 0.0277. The van der Waals surface area contributed by atoms with Crippen LogP contribution in [0.5, 0.6) is 0 Å². The molecular formula is C29H30N+. The monoisotopic (exact) mass is 392 g/mol. The average Bonchev–Trinajstić information content (AvgIpc) is 2.72. The van der Waals surface area contributed by atoms with Gasteiger partial charge in [0.25, 0.3) is 0 Å². The maximum absolute atomic E-state index is 2.45. The topological polar surface area (TPSA) is 3.88 Å². The molecule has 1 heteroatoms. The maximum Gasteiger partial charge on any atom is 0.212 e. The van der Waals surface area contributed by atoms with Crippen molar-refractivity contribution in [2.45, 2.75) is 45.4 Å². The molecule has 1 aliphatic rings. The second-order valence-corrected chi connectivity index (χ2v) is 9.87. The summed E-state index contributed by atoms with van der Waals surface area (Å²) in [5, 5.41) is 2.66. The van der Waals surface area contributed by atoms with Gasteiger partial charge in [0.2, 0.25) is 5.69 Å². The summed E-state index contributed by atoms with van der Waals surface area (Å²) >= 11 is 0. The third-order valence-corrected chi connectivity index (χ3v) is 7.80. The van der Waals surface area contributed by atoms with E-state index in [1.165, 1.54) is 49.8 Å². The lowest BCUT2D eigenvalue weighted by atomic mass is 9.54. The van der Waals surface area contributed by atoms with Crippen LogP contribution in [-0.4, -0.2) is 0 Å². The Morgan fingerprint density at radius 2 is 1.40 bits per heavy atom. The molecule has 0 atom stereocenters. The minimum Gasteiger partial charge on any atom is -0.201 e. The largest absolute Gasteiger partial charge is 0.212 e. The summed E-state index contributed by atoms with van der Waals surface area (Å²) in [6.45, 7) is 11.9. The molecule has 0 bridgehead atoms. The Morgan fingerprint density at radius 3 is 2.17 bits per heavy atom. The zero-order valence-electron chi connectivity index (χ0n) is 18.9. The highest BCUT2D eigenvalue weighted by atomic mass is 14.9. The van der Waals surface area contributed by atoms with Crippen molar-refractivity contribution in [1.29, 1.82) is 0 Å². The lowest BCUT2D eigenvalue weighted by Crippen LogP contribution is -2.43. The van der Waals surface area contributed by atoms with Crippen molar-refractivity contribution in [3.8, 4) is 22.4 Å². The molecule has 0 radical (unpaired) electrons. The number of benzene rings is 3. The van der Waals surface area contributed by atoms with Crippen LogP contribution >= 0.6 is 0 Å². The van der Waals surface area contributed by atoms with E-state index in [9.17, 15) is 0 Å².